The molecule has 2 nitrogen and oxygen atoms in total. The minimum Gasteiger partial charge on any atom is -0.318 e. The second-order valence-electron chi connectivity index (χ2n) is 6.42. The van der Waals surface area contributed by atoms with Gasteiger partial charge in [0.2, 0.25) is 0 Å². The molecule has 25 heavy (non-hydrogen) atoms. The molecule has 0 radical (unpaired) electrons. The van der Waals surface area contributed by atoms with Crippen molar-refractivity contribution in [1.82, 2.24) is 4.57 Å². The van der Waals surface area contributed by atoms with Crippen LogP contribution in [0.5, 0.6) is 0 Å². The molecule has 0 amide bonds. The van der Waals surface area contributed by atoms with Gasteiger partial charge in [0.05, 0.1) is 5.69 Å². The van der Waals surface area contributed by atoms with Crippen LogP contribution in [-0.4, -0.2) is 10.8 Å². The fourth-order valence-electron chi connectivity index (χ4n) is 3.28. The topological polar surface area (TPSA) is 17.3 Å². The summed E-state index contributed by atoms with van der Waals surface area (Å²) in [5.41, 5.74) is 8.61. The quantitative estimate of drug-likeness (QED) is 0.513. The summed E-state index contributed by atoms with van der Waals surface area (Å²) in [6.45, 7) is 8.70. The van der Waals surface area contributed by atoms with Crippen LogP contribution in [0.3, 0.4) is 0 Å². The zero-order valence-electron chi connectivity index (χ0n) is 15.6. The summed E-state index contributed by atoms with van der Waals surface area (Å²) in [6, 6.07) is 19.3. The highest BCUT2D eigenvalue weighted by Crippen LogP contribution is 2.23. The molecule has 0 saturated heterocycles. The van der Waals surface area contributed by atoms with E-state index in [4.69, 9.17) is 0 Å². The van der Waals surface area contributed by atoms with Crippen molar-refractivity contribution in [3.63, 3.8) is 0 Å². The van der Waals surface area contributed by atoms with E-state index in [0.29, 0.717) is 0 Å². The molecular formula is C23H26N2. The van der Waals surface area contributed by atoms with Gasteiger partial charge in [0.15, 0.2) is 0 Å². The Morgan fingerprint density at radius 3 is 2.32 bits per heavy atom. The molecule has 0 aliphatic carbocycles. The van der Waals surface area contributed by atoms with Crippen molar-refractivity contribution in [2.75, 3.05) is 0 Å². The van der Waals surface area contributed by atoms with E-state index in [1.54, 1.807) is 0 Å². The number of benzene rings is 2. The summed E-state index contributed by atoms with van der Waals surface area (Å²) in [5.74, 6) is 0. The van der Waals surface area contributed by atoms with Crippen molar-refractivity contribution in [3.8, 4) is 5.69 Å². The second kappa shape index (κ2) is 7.52. The lowest BCUT2D eigenvalue weighted by Gasteiger charge is -2.13. The highest BCUT2D eigenvalue weighted by atomic mass is 15.0. The van der Waals surface area contributed by atoms with Crippen molar-refractivity contribution in [2.45, 2.75) is 40.5 Å². The van der Waals surface area contributed by atoms with E-state index in [1.807, 2.05) is 6.21 Å². The fraction of sp³-hybridized carbons (Fsp3) is 0.261. The maximum atomic E-state index is 4.67. The summed E-state index contributed by atoms with van der Waals surface area (Å²) in [6.07, 6.45) is 4.07. The molecule has 1 aromatic heterocycles. The number of rotatable bonds is 5. The van der Waals surface area contributed by atoms with Crippen molar-refractivity contribution >= 4 is 11.9 Å². The van der Waals surface area contributed by atoms with Crippen LogP contribution in [-0.2, 0) is 12.8 Å². The highest BCUT2D eigenvalue weighted by molar-refractivity contribution is 5.84. The molecule has 2 aromatic carbocycles. The standard InChI is InChI=1S/C23H26N2/c1-5-19-11-13-22(14-12-19)24-16-21-15-17(3)25(18(21)4)23-10-8-7-9-20(23)6-2/h7-16H,5-6H2,1-4H3. The van der Waals surface area contributed by atoms with Crippen LogP contribution in [0.4, 0.5) is 5.69 Å². The van der Waals surface area contributed by atoms with E-state index in [2.05, 4.69) is 91.9 Å². The third-order valence-electron chi connectivity index (χ3n) is 4.78. The van der Waals surface area contributed by atoms with Crippen LogP contribution in [0.25, 0.3) is 5.69 Å². The molecule has 2 heteroatoms. The smallest absolute Gasteiger partial charge is 0.0630 e. The number of aromatic nitrogens is 1. The lowest BCUT2D eigenvalue weighted by molar-refractivity contribution is 0.937. The Labute approximate surface area is 150 Å². The fourth-order valence-corrected chi connectivity index (χ4v) is 3.28. The van der Waals surface area contributed by atoms with Crippen molar-refractivity contribution in [3.05, 3.63) is 82.7 Å². The van der Waals surface area contributed by atoms with E-state index in [-0.39, 0.29) is 0 Å². The van der Waals surface area contributed by atoms with E-state index < -0.39 is 0 Å². The monoisotopic (exact) mass is 330 g/mol. The Hall–Kier alpha value is -2.61. The first-order chi connectivity index (χ1) is 12.1. The first-order valence-electron chi connectivity index (χ1n) is 9.04. The molecular weight excluding hydrogens is 304 g/mol. The average Bonchev–Trinajstić information content (AvgIpc) is 2.93. The minimum atomic E-state index is 0.996. The Morgan fingerprint density at radius 2 is 1.64 bits per heavy atom. The molecule has 0 saturated carbocycles. The molecule has 0 N–H and O–H groups in total. The lowest BCUT2D eigenvalue weighted by Crippen LogP contribution is -2.03. The van der Waals surface area contributed by atoms with Crippen LogP contribution in [0.2, 0.25) is 0 Å². The van der Waals surface area contributed by atoms with E-state index in [1.165, 1.54) is 33.8 Å². The largest absolute Gasteiger partial charge is 0.318 e. The van der Waals surface area contributed by atoms with Gasteiger partial charge in [-0.05, 0) is 62.1 Å². The van der Waals surface area contributed by atoms with Gasteiger partial charge in [-0.25, -0.2) is 0 Å². The molecule has 0 unspecified atom stereocenters. The maximum absolute atomic E-state index is 4.67. The molecule has 0 fully saturated rings. The lowest BCUT2D eigenvalue weighted by atomic mass is 10.1. The maximum Gasteiger partial charge on any atom is 0.0630 e. The van der Waals surface area contributed by atoms with Gasteiger partial charge < -0.3 is 4.57 Å². The summed E-state index contributed by atoms with van der Waals surface area (Å²) in [4.78, 5) is 4.67. The number of aryl methyl sites for hydroxylation is 3. The SMILES string of the molecule is CCc1ccc(N=Cc2cc(C)n(-c3ccccc3CC)c2C)cc1. The highest BCUT2D eigenvalue weighted by Gasteiger charge is 2.11. The molecule has 0 aliphatic heterocycles. The molecule has 0 bridgehead atoms. The van der Waals surface area contributed by atoms with Crippen LogP contribution in [0, 0.1) is 13.8 Å². The van der Waals surface area contributed by atoms with Gasteiger partial charge >= 0.3 is 0 Å². The predicted molar refractivity (Wildman–Crippen MR) is 108 cm³/mol. The summed E-state index contributed by atoms with van der Waals surface area (Å²) in [5, 5.41) is 0. The van der Waals surface area contributed by atoms with E-state index in [0.717, 1.165) is 18.5 Å². The number of hydrogen-bond donors (Lipinski definition) is 0. The molecule has 128 valence electrons. The Morgan fingerprint density at radius 1 is 0.920 bits per heavy atom. The van der Waals surface area contributed by atoms with Gasteiger partial charge in [0.1, 0.15) is 0 Å². The second-order valence-corrected chi connectivity index (χ2v) is 6.42. The van der Waals surface area contributed by atoms with Gasteiger partial charge in [-0.1, -0.05) is 44.2 Å². The van der Waals surface area contributed by atoms with E-state index in [9.17, 15) is 0 Å². The van der Waals surface area contributed by atoms with Gasteiger partial charge in [-0.3, -0.25) is 4.99 Å². The molecule has 0 atom stereocenters. The summed E-state index contributed by atoms with van der Waals surface area (Å²) >= 11 is 0. The predicted octanol–water partition coefficient (Wildman–Crippen LogP) is 5.97. The van der Waals surface area contributed by atoms with Crippen molar-refractivity contribution in [1.29, 1.82) is 0 Å². The molecule has 3 aromatic rings. The van der Waals surface area contributed by atoms with Crippen molar-refractivity contribution < 1.29 is 0 Å². The minimum absolute atomic E-state index is 0.996. The molecule has 1 heterocycles. The number of nitrogens with zero attached hydrogens (tertiary/aromatic N) is 2. The normalized spacial score (nSPS) is 11.4. The first-order valence-corrected chi connectivity index (χ1v) is 9.04. The van der Waals surface area contributed by atoms with Gasteiger partial charge in [0, 0.05) is 28.9 Å². The molecule has 0 aliphatic rings. The van der Waals surface area contributed by atoms with Crippen LogP contribution < -0.4 is 0 Å². The van der Waals surface area contributed by atoms with Crippen LogP contribution in [0.1, 0.15) is 41.9 Å². The van der Waals surface area contributed by atoms with Crippen LogP contribution >= 0.6 is 0 Å². The molecule has 3 rings (SSSR count). The van der Waals surface area contributed by atoms with Gasteiger partial charge in [-0.2, -0.15) is 0 Å². The van der Waals surface area contributed by atoms with Gasteiger partial charge in [-0.15, -0.1) is 0 Å². The Balaban J connectivity index is 1.95. The van der Waals surface area contributed by atoms with E-state index >= 15 is 0 Å². The zero-order valence-corrected chi connectivity index (χ0v) is 15.6. The Bertz CT molecular complexity index is 883. The van der Waals surface area contributed by atoms with Crippen molar-refractivity contribution in [2.24, 2.45) is 4.99 Å². The van der Waals surface area contributed by atoms with Crippen LogP contribution in [0.15, 0.2) is 59.6 Å². The third-order valence-corrected chi connectivity index (χ3v) is 4.78. The number of para-hydroxylation sites is 1. The van der Waals surface area contributed by atoms with Gasteiger partial charge in [0.25, 0.3) is 0 Å². The number of aliphatic imine (C=N–C) groups is 1. The zero-order chi connectivity index (χ0) is 17.8. The summed E-state index contributed by atoms with van der Waals surface area (Å²) < 4.78 is 2.33. The summed E-state index contributed by atoms with van der Waals surface area (Å²) in [7, 11) is 0. The number of hydrogen-bond acceptors (Lipinski definition) is 1. The Kier molecular flexibility index (Phi) is 5.18. The molecule has 0 spiro atoms. The third kappa shape index (κ3) is 3.58. The average molecular weight is 330 g/mol. The first kappa shape index (κ1) is 17.2.